The van der Waals surface area contributed by atoms with E-state index in [1.54, 1.807) is 30.3 Å². The van der Waals surface area contributed by atoms with Crippen LogP contribution in [0.2, 0.25) is 0 Å². The van der Waals surface area contributed by atoms with E-state index in [0.29, 0.717) is 12.0 Å². The number of sulfone groups is 1. The van der Waals surface area contributed by atoms with Crippen molar-refractivity contribution in [1.29, 1.82) is 0 Å². The summed E-state index contributed by atoms with van der Waals surface area (Å²) < 4.78 is 23.9. The van der Waals surface area contributed by atoms with Crippen molar-refractivity contribution in [3.8, 4) is 0 Å². The van der Waals surface area contributed by atoms with E-state index >= 15 is 0 Å². The summed E-state index contributed by atoms with van der Waals surface area (Å²) in [6.07, 6.45) is 1.89. The number of hydrogen-bond donors (Lipinski definition) is 1. The molecule has 0 saturated heterocycles. The molecule has 1 N–H and O–H groups in total. The van der Waals surface area contributed by atoms with Gasteiger partial charge < -0.3 is 5.32 Å². The molecule has 0 spiro atoms. The van der Waals surface area contributed by atoms with Crippen LogP contribution in [-0.2, 0) is 9.84 Å². The number of benzene rings is 2. The molecule has 0 aromatic heterocycles. The van der Waals surface area contributed by atoms with Crippen molar-refractivity contribution in [2.45, 2.75) is 24.3 Å². The highest BCUT2D eigenvalue weighted by molar-refractivity contribution is 14.1. The molecular formula is C17H18INO3S. The smallest absolute Gasteiger partial charge is 0.252 e. The third-order valence-electron chi connectivity index (χ3n) is 3.54. The number of amides is 1. The lowest BCUT2D eigenvalue weighted by atomic mass is 10.0. The largest absolute Gasteiger partial charge is 0.345 e. The van der Waals surface area contributed by atoms with E-state index in [0.717, 1.165) is 9.13 Å². The van der Waals surface area contributed by atoms with Gasteiger partial charge in [-0.3, -0.25) is 4.79 Å². The van der Waals surface area contributed by atoms with Gasteiger partial charge in [-0.1, -0.05) is 31.2 Å². The maximum Gasteiger partial charge on any atom is 0.252 e. The second-order valence-corrected chi connectivity index (χ2v) is 8.43. The van der Waals surface area contributed by atoms with Gasteiger partial charge in [-0.25, -0.2) is 8.42 Å². The summed E-state index contributed by atoms with van der Waals surface area (Å²) in [6.45, 7) is 1.98. The third-order valence-corrected chi connectivity index (χ3v) is 5.61. The minimum Gasteiger partial charge on any atom is -0.345 e. The average Bonchev–Trinajstić information content (AvgIpc) is 2.52. The molecule has 0 unspecified atom stereocenters. The Morgan fingerprint density at radius 3 is 2.26 bits per heavy atom. The first-order valence-corrected chi connectivity index (χ1v) is 10.2. The highest BCUT2D eigenvalue weighted by atomic mass is 127. The maximum atomic E-state index is 12.4. The van der Waals surface area contributed by atoms with Crippen LogP contribution >= 0.6 is 22.6 Å². The van der Waals surface area contributed by atoms with Gasteiger partial charge in [0.1, 0.15) is 0 Å². The fraction of sp³-hybridized carbons (Fsp3) is 0.235. The van der Waals surface area contributed by atoms with Gasteiger partial charge in [0.05, 0.1) is 16.5 Å². The van der Waals surface area contributed by atoms with Crippen molar-refractivity contribution in [2.24, 2.45) is 0 Å². The summed E-state index contributed by atoms with van der Waals surface area (Å²) in [5.41, 5.74) is 1.53. The summed E-state index contributed by atoms with van der Waals surface area (Å²) in [4.78, 5) is 12.7. The Balaban J connectivity index is 2.20. The van der Waals surface area contributed by atoms with Crippen molar-refractivity contribution in [3.05, 3.63) is 63.2 Å². The van der Waals surface area contributed by atoms with Crippen LogP contribution in [-0.4, -0.2) is 20.6 Å². The molecule has 0 aliphatic heterocycles. The molecule has 0 aliphatic rings. The minimum absolute atomic E-state index is 0.131. The predicted octanol–water partition coefficient (Wildman–Crippen LogP) is 3.58. The lowest BCUT2D eigenvalue weighted by molar-refractivity contribution is 0.0934. The Kier molecular flexibility index (Phi) is 5.80. The van der Waals surface area contributed by atoms with Crippen LogP contribution in [0, 0.1) is 3.57 Å². The SMILES string of the molecule is CC[C@@H](NC(=O)c1ccccc1I)c1ccc(S(C)(=O)=O)cc1. The molecule has 0 fully saturated rings. The van der Waals surface area contributed by atoms with Crippen molar-refractivity contribution in [2.75, 3.05) is 6.26 Å². The molecule has 0 saturated carbocycles. The van der Waals surface area contributed by atoms with Gasteiger partial charge in [-0.2, -0.15) is 0 Å². The van der Waals surface area contributed by atoms with Gasteiger partial charge in [0, 0.05) is 9.83 Å². The van der Waals surface area contributed by atoms with Crippen LogP contribution in [0.15, 0.2) is 53.4 Å². The minimum atomic E-state index is -3.21. The zero-order valence-corrected chi connectivity index (χ0v) is 15.9. The first-order valence-electron chi connectivity index (χ1n) is 7.18. The van der Waals surface area contributed by atoms with Gasteiger partial charge in [0.2, 0.25) is 0 Å². The summed E-state index contributed by atoms with van der Waals surface area (Å²) in [5, 5.41) is 3.01. The molecule has 1 atom stereocenters. The van der Waals surface area contributed by atoms with Gasteiger partial charge >= 0.3 is 0 Å². The maximum absolute atomic E-state index is 12.4. The van der Waals surface area contributed by atoms with Gasteiger partial charge in [0.25, 0.3) is 5.91 Å². The first kappa shape index (κ1) is 17.9. The predicted molar refractivity (Wildman–Crippen MR) is 99.2 cm³/mol. The van der Waals surface area contributed by atoms with Crippen LogP contribution in [0.25, 0.3) is 0 Å². The topological polar surface area (TPSA) is 63.2 Å². The lowest BCUT2D eigenvalue weighted by Gasteiger charge is -2.18. The fourth-order valence-electron chi connectivity index (χ4n) is 2.25. The quantitative estimate of drug-likeness (QED) is 0.719. The Morgan fingerprint density at radius 1 is 1.13 bits per heavy atom. The number of nitrogens with one attached hydrogen (secondary N) is 1. The molecule has 6 heteroatoms. The van der Waals surface area contributed by atoms with E-state index in [9.17, 15) is 13.2 Å². The summed E-state index contributed by atoms with van der Waals surface area (Å²) in [5.74, 6) is -0.131. The first-order chi connectivity index (χ1) is 10.8. The number of carbonyl (C=O) groups excluding carboxylic acids is 1. The van der Waals surface area contributed by atoms with E-state index < -0.39 is 9.84 Å². The van der Waals surface area contributed by atoms with E-state index in [1.165, 1.54) is 6.26 Å². The molecule has 2 aromatic rings. The Labute approximate surface area is 150 Å². The molecule has 0 radical (unpaired) electrons. The Bertz CT molecular complexity index is 801. The second kappa shape index (κ2) is 7.44. The normalized spacial score (nSPS) is 12.7. The Morgan fingerprint density at radius 2 is 1.74 bits per heavy atom. The van der Waals surface area contributed by atoms with Crippen LogP contribution in [0.3, 0.4) is 0 Å². The molecular weight excluding hydrogens is 425 g/mol. The van der Waals surface area contributed by atoms with Crippen LogP contribution in [0.4, 0.5) is 0 Å². The van der Waals surface area contributed by atoms with Crippen LogP contribution < -0.4 is 5.32 Å². The van der Waals surface area contributed by atoms with Crippen molar-refractivity contribution in [3.63, 3.8) is 0 Å². The molecule has 23 heavy (non-hydrogen) atoms. The molecule has 1 amide bonds. The number of hydrogen-bond acceptors (Lipinski definition) is 3. The molecule has 0 bridgehead atoms. The van der Waals surface area contributed by atoms with Gasteiger partial charge in [-0.15, -0.1) is 0 Å². The lowest BCUT2D eigenvalue weighted by Crippen LogP contribution is -2.28. The van der Waals surface area contributed by atoms with Crippen molar-refractivity contribution >= 4 is 38.3 Å². The molecule has 0 heterocycles. The van der Waals surface area contributed by atoms with Crippen LogP contribution in [0.5, 0.6) is 0 Å². The van der Waals surface area contributed by atoms with Crippen molar-refractivity contribution < 1.29 is 13.2 Å². The molecule has 2 aromatic carbocycles. The van der Waals surface area contributed by atoms with Crippen LogP contribution in [0.1, 0.15) is 35.3 Å². The summed E-state index contributed by atoms with van der Waals surface area (Å²) >= 11 is 2.13. The fourth-order valence-corrected chi connectivity index (χ4v) is 3.51. The molecule has 0 aliphatic carbocycles. The van der Waals surface area contributed by atoms with E-state index in [2.05, 4.69) is 27.9 Å². The number of rotatable bonds is 5. The molecule has 2 rings (SSSR count). The van der Waals surface area contributed by atoms with Crippen molar-refractivity contribution in [1.82, 2.24) is 5.32 Å². The molecule has 122 valence electrons. The second-order valence-electron chi connectivity index (χ2n) is 5.26. The average molecular weight is 443 g/mol. The number of halogens is 1. The zero-order chi connectivity index (χ0) is 17.0. The summed E-state index contributed by atoms with van der Waals surface area (Å²) in [6, 6.07) is 13.9. The zero-order valence-electron chi connectivity index (χ0n) is 12.9. The van der Waals surface area contributed by atoms with Gasteiger partial charge in [0.15, 0.2) is 9.84 Å². The Hall–Kier alpha value is -1.41. The standard InChI is InChI=1S/C17H18INO3S/c1-3-16(12-8-10-13(11-9-12)23(2,21)22)19-17(20)14-6-4-5-7-15(14)18/h4-11,16H,3H2,1-2H3,(H,19,20)/t16-/m1/s1. The van der Waals surface area contributed by atoms with E-state index in [4.69, 9.17) is 0 Å². The summed E-state index contributed by atoms with van der Waals surface area (Å²) in [7, 11) is -3.21. The van der Waals surface area contributed by atoms with E-state index in [-0.39, 0.29) is 16.8 Å². The van der Waals surface area contributed by atoms with Gasteiger partial charge in [-0.05, 0) is 58.8 Å². The number of carbonyl (C=O) groups is 1. The molecule has 4 nitrogen and oxygen atoms in total. The third kappa shape index (κ3) is 4.54. The highest BCUT2D eigenvalue weighted by Crippen LogP contribution is 2.20. The monoisotopic (exact) mass is 443 g/mol. The van der Waals surface area contributed by atoms with E-state index in [1.807, 2.05) is 25.1 Å². The highest BCUT2D eigenvalue weighted by Gasteiger charge is 2.16.